The molecule has 1 aliphatic rings. The minimum Gasteiger partial charge on any atom is -0.495 e. The van der Waals surface area contributed by atoms with Crippen molar-refractivity contribution < 1.29 is 32.1 Å². The average Bonchev–Trinajstić information content (AvgIpc) is 3.73. The van der Waals surface area contributed by atoms with Gasteiger partial charge in [-0.1, -0.05) is 17.7 Å². The molecule has 0 saturated heterocycles. The first-order chi connectivity index (χ1) is 21.5. The maximum atomic E-state index is 13.0. The van der Waals surface area contributed by atoms with E-state index < -0.39 is 21.3 Å². The van der Waals surface area contributed by atoms with Crippen LogP contribution in [0.15, 0.2) is 79.9 Å². The van der Waals surface area contributed by atoms with Crippen molar-refractivity contribution in [2.45, 2.75) is 23.3 Å². The Morgan fingerprint density at radius 2 is 1.33 bits per heavy atom. The van der Waals surface area contributed by atoms with Gasteiger partial charge in [0.2, 0.25) is 9.84 Å². The third kappa shape index (κ3) is 8.17. The SMILES string of the molecule is CN.COc1cc(-c2cn(C)cn2)cc(OC)c1Br.COc1cc(C2OC=N[C@H]2S(=O)(=O)c2ccc(C)cc2)cc(OC)c1Br. The van der Waals surface area contributed by atoms with Crippen LogP contribution >= 0.6 is 31.9 Å². The lowest BCUT2D eigenvalue weighted by molar-refractivity contribution is 0.226. The highest BCUT2D eigenvalue weighted by Crippen LogP contribution is 2.42. The van der Waals surface area contributed by atoms with Crippen LogP contribution in [0.3, 0.4) is 0 Å². The highest BCUT2D eigenvalue weighted by molar-refractivity contribution is 9.11. The van der Waals surface area contributed by atoms with Gasteiger partial charge < -0.3 is 34.0 Å². The number of halogens is 2. The Kier molecular flexibility index (Phi) is 12.8. The van der Waals surface area contributed by atoms with E-state index in [0.717, 1.165) is 32.8 Å². The highest BCUT2D eigenvalue weighted by atomic mass is 79.9. The van der Waals surface area contributed by atoms with E-state index in [4.69, 9.17) is 23.7 Å². The third-order valence-corrected chi connectivity index (χ3v) is 10.1. The summed E-state index contributed by atoms with van der Waals surface area (Å²) in [5, 5.41) is -1.08. The predicted molar refractivity (Wildman–Crippen MR) is 181 cm³/mol. The van der Waals surface area contributed by atoms with Gasteiger partial charge in [-0.2, -0.15) is 0 Å². The van der Waals surface area contributed by atoms with Crippen molar-refractivity contribution in [3.8, 4) is 34.3 Å². The molecular formula is C31H36Br2N4O7S. The molecule has 2 N–H and O–H groups in total. The van der Waals surface area contributed by atoms with Gasteiger partial charge in [-0.15, -0.1) is 0 Å². The summed E-state index contributed by atoms with van der Waals surface area (Å²) in [7, 11) is 6.02. The maximum absolute atomic E-state index is 13.0. The fourth-order valence-corrected chi connectivity index (χ4v) is 6.95. The molecule has 3 aromatic carbocycles. The van der Waals surface area contributed by atoms with Crippen molar-refractivity contribution in [3.05, 3.63) is 81.1 Å². The summed E-state index contributed by atoms with van der Waals surface area (Å²) in [6.07, 6.45) is 4.10. The maximum Gasteiger partial charge on any atom is 0.205 e. The average molecular weight is 769 g/mol. The zero-order valence-electron chi connectivity index (χ0n) is 25.9. The van der Waals surface area contributed by atoms with Crippen LogP contribution in [0.2, 0.25) is 0 Å². The molecule has 0 saturated carbocycles. The van der Waals surface area contributed by atoms with E-state index in [9.17, 15) is 8.42 Å². The topological polar surface area (TPSA) is 136 Å². The number of aryl methyl sites for hydroxylation is 2. The Hall–Kier alpha value is -3.59. The van der Waals surface area contributed by atoms with E-state index in [1.165, 1.54) is 27.7 Å². The molecule has 0 radical (unpaired) electrons. The third-order valence-electron chi connectivity index (χ3n) is 6.58. The van der Waals surface area contributed by atoms with Gasteiger partial charge in [0.15, 0.2) is 17.9 Å². The van der Waals surface area contributed by atoms with Crippen LogP contribution in [-0.2, 0) is 21.6 Å². The molecule has 1 aromatic heterocycles. The van der Waals surface area contributed by atoms with Crippen molar-refractivity contribution in [2.75, 3.05) is 35.5 Å². The van der Waals surface area contributed by atoms with Crippen molar-refractivity contribution in [1.29, 1.82) is 0 Å². The summed E-state index contributed by atoms with van der Waals surface area (Å²) < 4.78 is 56.2. The second kappa shape index (κ2) is 16.1. The van der Waals surface area contributed by atoms with Gasteiger partial charge in [-0.05, 0) is 82.2 Å². The number of imidazole rings is 1. The van der Waals surface area contributed by atoms with Gasteiger partial charge in [0.1, 0.15) is 31.9 Å². The van der Waals surface area contributed by atoms with E-state index in [1.807, 2.05) is 36.9 Å². The van der Waals surface area contributed by atoms with Gasteiger partial charge in [0.05, 0.1) is 45.4 Å². The summed E-state index contributed by atoms with van der Waals surface area (Å²) in [6, 6.07) is 14.0. The van der Waals surface area contributed by atoms with Gasteiger partial charge in [-0.3, -0.25) is 0 Å². The van der Waals surface area contributed by atoms with Crippen LogP contribution in [0.1, 0.15) is 17.2 Å². The fourth-order valence-electron chi connectivity index (χ4n) is 4.29. The number of hydrogen-bond donors (Lipinski definition) is 1. The number of aromatic nitrogens is 2. The van der Waals surface area contributed by atoms with Gasteiger partial charge >= 0.3 is 0 Å². The zero-order chi connectivity index (χ0) is 33.3. The first-order valence-electron chi connectivity index (χ1n) is 13.4. The molecule has 14 heteroatoms. The number of hydrogen-bond acceptors (Lipinski definition) is 10. The number of sulfone groups is 1. The number of nitrogens with zero attached hydrogens (tertiary/aromatic N) is 3. The molecule has 5 rings (SSSR count). The first-order valence-corrected chi connectivity index (χ1v) is 16.5. The van der Waals surface area contributed by atoms with Gasteiger partial charge in [-0.25, -0.2) is 18.4 Å². The summed E-state index contributed by atoms with van der Waals surface area (Å²) in [4.78, 5) is 8.58. The lowest BCUT2D eigenvalue weighted by atomic mass is 10.1. The van der Waals surface area contributed by atoms with E-state index in [2.05, 4.69) is 47.6 Å². The molecule has 2 heterocycles. The lowest BCUT2D eigenvalue weighted by Gasteiger charge is -2.20. The summed E-state index contributed by atoms with van der Waals surface area (Å²) in [5.74, 6) is 2.48. The molecule has 1 unspecified atom stereocenters. The minimum absolute atomic E-state index is 0.205. The van der Waals surface area contributed by atoms with E-state index in [0.29, 0.717) is 21.5 Å². The molecule has 0 aliphatic carbocycles. The van der Waals surface area contributed by atoms with Crippen LogP contribution in [0.5, 0.6) is 23.0 Å². The zero-order valence-corrected chi connectivity index (χ0v) is 29.9. The van der Waals surface area contributed by atoms with E-state index in [1.54, 1.807) is 56.9 Å². The number of rotatable bonds is 8. The quantitative estimate of drug-likeness (QED) is 0.225. The van der Waals surface area contributed by atoms with Gasteiger partial charge in [0, 0.05) is 24.4 Å². The first kappa shape index (κ1) is 35.9. The number of methoxy groups -OCH3 is 4. The lowest BCUT2D eigenvalue weighted by Crippen LogP contribution is -2.24. The van der Waals surface area contributed by atoms with E-state index in [-0.39, 0.29) is 4.90 Å². The Balaban J connectivity index is 0.000000251. The van der Waals surface area contributed by atoms with E-state index >= 15 is 0 Å². The molecule has 45 heavy (non-hydrogen) atoms. The monoisotopic (exact) mass is 766 g/mol. The Morgan fingerprint density at radius 3 is 1.78 bits per heavy atom. The van der Waals surface area contributed by atoms with Crippen LogP contribution in [0, 0.1) is 6.92 Å². The molecular weight excluding hydrogens is 732 g/mol. The molecule has 4 aromatic rings. The number of nitrogens with two attached hydrogens (primary N) is 1. The summed E-state index contributed by atoms with van der Waals surface area (Å²) in [6.45, 7) is 1.90. The molecule has 0 fully saturated rings. The molecule has 0 spiro atoms. The molecule has 0 bridgehead atoms. The number of aliphatic imine (C=N–C) groups is 1. The summed E-state index contributed by atoms with van der Waals surface area (Å²) >= 11 is 6.84. The van der Waals surface area contributed by atoms with Crippen molar-refractivity contribution >= 4 is 48.1 Å². The highest BCUT2D eigenvalue weighted by Gasteiger charge is 2.40. The van der Waals surface area contributed by atoms with Gasteiger partial charge in [0.25, 0.3) is 0 Å². The summed E-state index contributed by atoms with van der Waals surface area (Å²) in [5.41, 5.74) is 7.92. The molecule has 1 aliphatic heterocycles. The fraction of sp³-hybridized carbons (Fsp3) is 0.290. The molecule has 2 atom stereocenters. The molecule has 242 valence electrons. The van der Waals surface area contributed by atoms with Crippen molar-refractivity contribution in [2.24, 2.45) is 17.8 Å². The van der Waals surface area contributed by atoms with Crippen molar-refractivity contribution in [3.63, 3.8) is 0 Å². The second-order valence-electron chi connectivity index (χ2n) is 9.42. The van der Waals surface area contributed by atoms with Crippen LogP contribution in [0.4, 0.5) is 0 Å². The molecule has 0 amide bonds. The second-order valence-corrected chi connectivity index (χ2v) is 13.0. The Morgan fingerprint density at radius 1 is 0.844 bits per heavy atom. The number of benzene rings is 3. The Labute approximate surface area is 280 Å². The van der Waals surface area contributed by atoms with Crippen LogP contribution < -0.4 is 24.7 Å². The van der Waals surface area contributed by atoms with Crippen LogP contribution in [0.25, 0.3) is 11.3 Å². The van der Waals surface area contributed by atoms with Crippen LogP contribution in [-0.4, -0.2) is 65.2 Å². The standard InChI is InChI=1S/C18H18BrNO5S.C12H13BrN2O2.CH5N/c1-11-4-6-13(7-5-11)26(21,22)18-17(25-10-20-18)12-8-14(23-2)16(19)15(9-12)24-3;1-15-6-9(14-7-15)8-4-10(16-2)12(13)11(5-8)17-3;1-2/h4-10,17-18H,1-3H3;4-7H,1-3H3;2H2,1H3/t17?,18-;;/m0../s1. The Bertz CT molecular complexity index is 1680. The smallest absolute Gasteiger partial charge is 0.205 e. The minimum atomic E-state index is -3.72. The predicted octanol–water partition coefficient (Wildman–Crippen LogP) is 6.12. The molecule has 11 nitrogen and oxygen atoms in total. The largest absolute Gasteiger partial charge is 0.495 e. The van der Waals surface area contributed by atoms with Crippen molar-refractivity contribution in [1.82, 2.24) is 9.55 Å². The number of ether oxygens (including phenoxy) is 5. The normalized spacial score (nSPS) is 15.2.